The first kappa shape index (κ1) is 10.4. The molecular weight excluding hydrogens is 258 g/mol. The third kappa shape index (κ3) is 2.26. The fraction of sp³-hybridized carbons (Fsp3) is 0.273. The summed E-state index contributed by atoms with van der Waals surface area (Å²) in [5.41, 5.74) is 1.08. The molecule has 0 bridgehead atoms. The fourth-order valence-electron chi connectivity index (χ4n) is 1.67. The molecule has 2 rings (SSSR count). The van der Waals surface area contributed by atoms with Gasteiger partial charge in [-0.1, -0.05) is 28.1 Å². The molecule has 15 heavy (non-hydrogen) atoms. The summed E-state index contributed by atoms with van der Waals surface area (Å²) in [4.78, 5) is 9.87. The van der Waals surface area contributed by atoms with Crippen molar-refractivity contribution in [1.82, 2.24) is 0 Å². The van der Waals surface area contributed by atoms with Crippen LogP contribution in [0.5, 0.6) is 0 Å². The highest BCUT2D eigenvalue weighted by Gasteiger charge is 2.42. The van der Waals surface area contributed by atoms with Crippen LogP contribution in [0.1, 0.15) is 18.4 Å². The Bertz CT molecular complexity index is 407. The van der Waals surface area contributed by atoms with Gasteiger partial charge in [0.1, 0.15) is 0 Å². The summed E-state index contributed by atoms with van der Waals surface area (Å²) in [6.07, 6.45) is 4.75. The van der Waals surface area contributed by atoms with Crippen LogP contribution in [0, 0.1) is 10.1 Å². The zero-order valence-electron chi connectivity index (χ0n) is 8.02. The van der Waals surface area contributed by atoms with Crippen LogP contribution in [0.4, 0.5) is 0 Å². The number of halogens is 1. The van der Waals surface area contributed by atoms with Gasteiger partial charge in [0.2, 0.25) is 6.20 Å². The average Bonchev–Trinajstić information content (AvgIpc) is 2.97. The number of benzene rings is 1. The van der Waals surface area contributed by atoms with Gasteiger partial charge < -0.3 is 0 Å². The number of nitro groups is 1. The SMILES string of the molecule is O=[N+]([O-])/C=C/C1(c2ccc(Br)cc2)CC1. The van der Waals surface area contributed by atoms with E-state index in [-0.39, 0.29) is 5.41 Å². The first-order chi connectivity index (χ1) is 7.12. The Balaban J connectivity index is 2.23. The molecule has 0 aliphatic heterocycles. The zero-order chi connectivity index (χ0) is 10.9. The van der Waals surface area contributed by atoms with Crippen molar-refractivity contribution < 1.29 is 4.92 Å². The Kier molecular flexibility index (Phi) is 2.61. The number of hydrogen-bond donors (Lipinski definition) is 0. The van der Waals surface area contributed by atoms with Crippen molar-refractivity contribution in [3.8, 4) is 0 Å². The Hall–Kier alpha value is -1.16. The van der Waals surface area contributed by atoms with Crippen molar-refractivity contribution in [1.29, 1.82) is 0 Å². The molecule has 1 aromatic rings. The molecule has 0 aromatic heterocycles. The maximum atomic E-state index is 10.3. The molecule has 0 radical (unpaired) electrons. The van der Waals surface area contributed by atoms with Crippen LogP contribution in [0.25, 0.3) is 0 Å². The van der Waals surface area contributed by atoms with Gasteiger partial charge in [-0.15, -0.1) is 0 Å². The molecule has 78 valence electrons. The van der Waals surface area contributed by atoms with Gasteiger partial charge in [0.15, 0.2) is 0 Å². The maximum Gasteiger partial charge on any atom is 0.231 e. The first-order valence-corrected chi connectivity index (χ1v) is 5.51. The second kappa shape index (κ2) is 3.77. The molecule has 1 aliphatic carbocycles. The van der Waals surface area contributed by atoms with Crippen molar-refractivity contribution in [2.45, 2.75) is 18.3 Å². The second-order valence-electron chi connectivity index (χ2n) is 3.76. The Labute approximate surface area is 96.1 Å². The van der Waals surface area contributed by atoms with E-state index in [4.69, 9.17) is 0 Å². The molecule has 0 amide bonds. The van der Waals surface area contributed by atoms with Crippen molar-refractivity contribution in [3.63, 3.8) is 0 Å². The minimum atomic E-state index is -0.404. The normalized spacial score (nSPS) is 17.9. The van der Waals surface area contributed by atoms with Gasteiger partial charge >= 0.3 is 0 Å². The van der Waals surface area contributed by atoms with E-state index in [1.807, 2.05) is 24.3 Å². The Morgan fingerprint density at radius 3 is 2.40 bits per heavy atom. The molecule has 0 N–H and O–H groups in total. The zero-order valence-corrected chi connectivity index (χ0v) is 9.61. The van der Waals surface area contributed by atoms with E-state index in [0.29, 0.717) is 0 Å². The molecule has 0 heterocycles. The molecule has 3 nitrogen and oxygen atoms in total. The minimum absolute atomic E-state index is 0.0756. The van der Waals surface area contributed by atoms with Gasteiger partial charge in [-0.3, -0.25) is 10.1 Å². The van der Waals surface area contributed by atoms with E-state index in [2.05, 4.69) is 15.9 Å². The van der Waals surface area contributed by atoms with E-state index in [9.17, 15) is 10.1 Å². The molecule has 0 spiro atoms. The minimum Gasteiger partial charge on any atom is -0.259 e. The molecule has 0 unspecified atom stereocenters. The Morgan fingerprint density at radius 2 is 1.93 bits per heavy atom. The van der Waals surface area contributed by atoms with Gasteiger partial charge in [-0.05, 0) is 36.6 Å². The molecule has 4 heteroatoms. The van der Waals surface area contributed by atoms with Gasteiger partial charge in [-0.25, -0.2) is 0 Å². The highest BCUT2D eigenvalue weighted by atomic mass is 79.9. The summed E-state index contributed by atoms with van der Waals surface area (Å²) in [6, 6.07) is 7.97. The van der Waals surface area contributed by atoms with Crippen LogP contribution in [-0.2, 0) is 5.41 Å². The standard InChI is InChI=1S/C11H10BrNO2/c12-10-3-1-9(2-4-10)11(5-6-11)7-8-13(14)15/h1-4,7-8H,5-6H2/b8-7+. The average molecular weight is 268 g/mol. The van der Waals surface area contributed by atoms with Gasteiger partial charge in [-0.2, -0.15) is 0 Å². The van der Waals surface area contributed by atoms with Gasteiger partial charge in [0, 0.05) is 9.89 Å². The van der Waals surface area contributed by atoms with E-state index in [1.165, 1.54) is 0 Å². The fourth-order valence-corrected chi connectivity index (χ4v) is 1.94. The summed E-state index contributed by atoms with van der Waals surface area (Å²) < 4.78 is 1.03. The summed E-state index contributed by atoms with van der Waals surface area (Å²) in [7, 11) is 0. The smallest absolute Gasteiger partial charge is 0.231 e. The van der Waals surface area contributed by atoms with Crippen molar-refractivity contribution >= 4 is 15.9 Å². The van der Waals surface area contributed by atoms with E-state index >= 15 is 0 Å². The van der Waals surface area contributed by atoms with Crippen molar-refractivity contribution in [3.05, 3.63) is 56.7 Å². The van der Waals surface area contributed by atoms with E-state index < -0.39 is 4.92 Å². The topological polar surface area (TPSA) is 43.1 Å². The maximum absolute atomic E-state index is 10.3. The second-order valence-corrected chi connectivity index (χ2v) is 4.68. The predicted octanol–water partition coefficient (Wildman–Crippen LogP) is 3.27. The van der Waals surface area contributed by atoms with E-state index in [0.717, 1.165) is 29.1 Å². The first-order valence-electron chi connectivity index (χ1n) is 4.71. The molecular formula is C11H10BrNO2. The highest BCUT2D eigenvalue weighted by molar-refractivity contribution is 9.10. The molecule has 1 fully saturated rings. The summed E-state index contributed by atoms with van der Waals surface area (Å²) in [5.74, 6) is 0. The lowest BCUT2D eigenvalue weighted by atomic mass is 9.96. The van der Waals surface area contributed by atoms with Crippen LogP contribution >= 0.6 is 15.9 Å². The molecule has 1 aromatic carbocycles. The van der Waals surface area contributed by atoms with Gasteiger partial charge in [0.05, 0.1) is 4.92 Å². The number of nitrogens with zero attached hydrogens (tertiary/aromatic N) is 1. The van der Waals surface area contributed by atoms with Gasteiger partial charge in [0.25, 0.3) is 0 Å². The summed E-state index contributed by atoms with van der Waals surface area (Å²) >= 11 is 3.37. The predicted molar refractivity (Wildman–Crippen MR) is 61.2 cm³/mol. The number of hydrogen-bond acceptors (Lipinski definition) is 2. The molecule has 1 aliphatic rings. The quantitative estimate of drug-likeness (QED) is 0.623. The van der Waals surface area contributed by atoms with Crippen molar-refractivity contribution in [2.75, 3.05) is 0 Å². The number of rotatable bonds is 3. The third-order valence-electron chi connectivity index (χ3n) is 2.72. The lowest BCUT2D eigenvalue weighted by molar-refractivity contribution is -0.402. The summed E-state index contributed by atoms with van der Waals surface area (Å²) in [5, 5.41) is 10.3. The van der Waals surface area contributed by atoms with Crippen LogP contribution in [0.3, 0.4) is 0 Å². The molecule has 1 saturated carbocycles. The monoisotopic (exact) mass is 267 g/mol. The lowest BCUT2D eigenvalue weighted by Crippen LogP contribution is -2.02. The molecule has 0 saturated heterocycles. The van der Waals surface area contributed by atoms with Crippen molar-refractivity contribution in [2.24, 2.45) is 0 Å². The van der Waals surface area contributed by atoms with Crippen LogP contribution in [-0.4, -0.2) is 4.92 Å². The van der Waals surface area contributed by atoms with Crippen LogP contribution in [0.2, 0.25) is 0 Å². The van der Waals surface area contributed by atoms with E-state index in [1.54, 1.807) is 6.08 Å². The Morgan fingerprint density at radius 1 is 1.33 bits per heavy atom. The van der Waals surface area contributed by atoms with Crippen LogP contribution in [0.15, 0.2) is 41.0 Å². The largest absolute Gasteiger partial charge is 0.259 e. The lowest BCUT2D eigenvalue weighted by Gasteiger charge is -2.08. The summed E-state index contributed by atoms with van der Waals surface area (Å²) in [6.45, 7) is 0. The number of allylic oxidation sites excluding steroid dienone is 1. The highest BCUT2D eigenvalue weighted by Crippen LogP contribution is 2.49. The van der Waals surface area contributed by atoms with Crippen LogP contribution < -0.4 is 0 Å². The molecule has 0 atom stereocenters. The third-order valence-corrected chi connectivity index (χ3v) is 3.25.